The Hall–Kier alpha value is -4.55. The number of nitrogens with two attached hydrogens (primary N) is 1. The van der Waals surface area contributed by atoms with E-state index in [2.05, 4.69) is 21.2 Å². The number of para-hydroxylation sites is 1. The lowest BCUT2D eigenvalue weighted by atomic mass is 9.92. The van der Waals surface area contributed by atoms with Crippen LogP contribution in [0, 0.1) is 11.3 Å². The number of esters is 3. The van der Waals surface area contributed by atoms with Gasteiger partial charge in [-0.3, -0.25) is 18.9 Å². The van der Waals surface area contributed by atoms with Gasteiger partial charge in [0.25, 0.3) is 0 Å². The highest BCUT2D eigenvalue weighted by molar-refractivity contribution is 7.52. The highest BCUT2D eigenvalue weighted by Crippen LogP contribution is 2.48. The zero-order valence-electron chi connectivity index (χ0n) is 26.6. The molecule has 3 aromatic rings. The molecule has 1 unspecified atom stereocenters. The van der Waals surface area contributed by atoms with Gasteiger partial charge in [0, 0.05) is 13.8 Å². The first kappa shape index (κ1) is 34.8. The summed E-state index contributed by atoms with van der Waals surface area (Å²) in [7, 11) is -4.43. The number of nitrogens with zero attached hydrogens (tertiary/aromatic N) is 4. The Labute approximate surface area is 276 Å². The minimum absolute atomic E-state index is 0.0842. The van der Waals surface area contributed by atoms with E-state index in [4.69, 9.17) is 33.7 Å². The number of anilines is 1. The van der Waals surface area contributed by atoms with E-state index >= 15 is 0 Å². The number of hydrogen-bond donors (Lipinski definition) is 2. The predicted molar refractivity (Wildman–Crippen MR) is 167 cm³/mol. The summed E-state index contributed by atoms with van der Waals surface area (Å²) in [6, 6.07) is 12.1. The first-order valence-electron chi connectivity index (χ1n) is 15.4. The van der Waals surface area contributed by atoms with E-state index in [0.29, 0.717) is 5.52 Å². The van der Waals surface area contributed by atoms with Crippen LogP contribution in [0.1, 0.15) is 58.6 Å². The molecule has 3 heterocycles. The van der Waals surface area contributed by atoms with Gasteiger partial charge in [0.2, 0.25) is 5.60 Å². The van der Waals surface area contributed by atoms with Crippen molar-refractivity contribution < 1.29 is 46.9 Å². The average Bonchev–Trinajstić information content (AvgIpc) is 3.61. The highest BCUT2D eigenvalue weighted by atomic mass is 31.2. The Balaban J connectivity index is 1.46. The van der Waals surface area contributed by atoms with Crippen molar-refractivity contribution in [1.82, 2.24) is 19.7 Å². The van der Waals surface area contributed by atoms with Crippen LogP contribution in [0.5, 0.6) is 5.75 Å². The molecular weight excluding hydrogens is 647 g/mol. The third kappa shape index (κ3) is 7.60. The number of carbonyl (C=O) groups is 3. The van der Waals surface area contributed by atoms with Gasteiger partial charge in [-0.2, -0.15) is 15.4 Å². The van der Waals surface area contributed by atoms with Crippen molar-refractivity contribution in [3.63, 3.8) is 0 Å². The van der Waals surface area contributed by atoms with Gasteiger partial charge < -0.3 is 29.2 Å². The van der Waals surface area contributed by atoms with Crippen LogP contribution in [0.15, 0.2) is 48.8 Å². The summed E-state index contributed by atoms with van der Waals surface area (Å²) < 4.78 is 50.2. The van der Waals surface area contributed by atoms with Crippen LogP contribution >= 0.6 is 7.75 Å². The summed E-state index contributed by atoms with van der Waals surface area (Å²) >= 11 is 0. The van der Waals surface area contributed by atoms with Crippen LogP contribution < -0.4 is 15.3 Å². The van der Waals surface area contributed by atoms with Crippen LogP contribution in [0.25, 0.3) is 5.52 Å². The van der Waals surface area contributed by atoms with E-state index in [9.17, 15) is 24.2 Å². The van der Waals surface area contributed by atoms with Crippen LogP contribution in [-0.2, 0) is 48.0 Å². The highest BCUT2D eigenvalue weighted by Gasteiger charge is 2.62. The van der Waals surface area contributed by atoms with E-state index in [1.807, 2.05) is 0 Å². The summed E-state index contributed by atoms with van der Waals surface area (Å²) in [5.41, 5.74) is 4.30. The molecule has 2 aliphatic rings. The van der Waals surface area contributed by atoms with Crippen molar-refractivity contribution in [1.29, 1.82) is 5.26 Å². The Kier molecular flexibility index (Phi) is 10.6. The number of nitriles is 1. The van der Waals surface area contributed by atoms with E-state index in [-0.39, 0.29) is 23.4 Å². The molecule has 3 N–H and O–H groups in total. The maximum atomic E-state index is 14.3. The number of nitrogens with one attached hydrogen (secondary N) is 1. The monoisotopic (exact) mass is 684 g/mol. The molecule has 2 aromatic heterocycles. The zero-order chi connectivity index (χ0) is 34.5. The van der Waals surface area contributed by atoms with Crippen molar-refractivity contribution in [3.05, 3.63) is 54.5 Å². The standard InChI is InChI=1S/C31H37N6O10P/c1-19(30(40)45-22-10-6-4-7-11-22)36-48(41,47-23-12-8-5-9-13-23)42-16-25-27(43-20(2)38)28(44-21(3)39)31(17-32,46-25)26-15-14-24-29(33)34-18-35-37(24)26/h5,8-9,12-15,18-19,22,25,27-28H,4,6-7,10-11,16H2,1-3H3,(H,36,41)(H2,33,34,35)/t19-,25+,27+,28+,31-,48?/m0/s1. The molecule has 0 spiro atoms. The third-order valence-corrected chi connectivity index (χ3v) is 9.59. The maximum Gasteiger partial charge on any atom is 0.459 e. The van der Waals surface area contributed by atoms with Crippen molar-refractivity contribution in [2.24, 2.45) is 0 Å². The Morgan fingerprint density at radius 1 is 1.10 bits per heavy atom. The molecule has 5 rings (SSSR count). The van der Waals surface area contributed by atoms with Gasteiger partial charge in [-0.15, -0.1) is 0 Å². The van der Waals surface area contributed by atoms with Crippen molar-refractivity contribution in [2.75, 3.05) is 12.3 Å². The summed E-state index contributed by atoms with van der Waals surface area (Å²) in [4.78, 5) is 41.6. The van der Waals surface area contributed by atoms with E-state index < -0.39 is 62.2 Å². The van der Waals surface area contributed by atoms with Crippen LogP contribution in [-0.4, -0.2) is 69.6 Å². The number of hydrogen-bond acceptors (Lipinski definition) is 14. The molecule has 48 heavy (non-hydrogen) atoms. The SMILES string of the molecule is CC(=O)O[C@H]1[C@@H](OC(C)=O)[C@](C#N)(c2ccc3c(N)ncnn23)O[C@@H]1COP(=O)(N[C@@H](C)C(=O)OC1CCCCC1)Oc1ccccc1. The fourth-order valence-electron chi connectivity index (χ4n) is 5.79. The van der Waals surface area contributed by atoms with E-state index in [1.54, 1.807) is 36.4 Å². The van der Waals surface area contributed by atoms with Crippen molar-refractivity contribution >= 4 is 37.0 Å². The largest absolute Gasteiger partial charge is 0.461 e. The number of carbonyl (C=O) groups excluding carboxylic acids is 3. The number of ether oxygens (including phenoxy) is 4. The zero-order valence-corrected chi connectivity index (χ0v) is 27.5. The molecule has 256 valence electrons. The van der Waals surface area contributed by atoms with Crippen LogP contribution in [0.2, 0.25) is 0 Å². The first-order valence-corrected chi connectivity index (χ1v) is 17.0. The molecule has 6 atom stereocenters. The molecule has 2 fully saturated rings. The van der Waals surface area contributed by atoms with Crippen LogP contribution in [0.4, 0.5) is 5.82 Å². The van der Waals surface area contributed by atoms with E-state index in [1.165, 1.54) is 23.8 Å². The molecular formula is C31H37N6O10P. The smallest absolute Gasteiger partial charge is 0.459 e. The molecule has 1 aliphatic carbocycles. The molecule has 1 aromatic carbocycles. The lowest BCUT2D eigenvalue weighted by molar-refractivity contribution is -0.166. The minimum Gasteiger partial charge on any atom is -0.461 e. The third-order valence-electron chi connectivity index (χ3n) is 7.94. The molecule has 1 saturated heterocycles. The number of benzene rings is 1. The minimum atomic E-state index is -4.43. The van der Waals surface area contributed by atoms with Crippen LogP contribution in [0.3, 0.4) is 0 Å². The lowest BCUT2D eigenvalue weighted by Gasteiger charge is -2.28. The number of rotatable bonds is 12. The maximum absolute atomic E-state index is 14.3. The predicted octanol–water partition coefficient (Wildman–Crippen LogP) is 3.35. The molecule has 0 radical (unpaired) electrons. The van der Waals surface area contributed by atoms with Gasteiger partial charge >= 0.3 is 25.7 Å². The summed E-state index contributed by atoms with van der Waals surface area (Å²) in [5, 5.41) is 17.4. The molecule has 17 heteroatoms. The fourth-order valence-corrected chi connectivity index (χ4v) is 7.30. The number of aromatic nitrogens is 3. The number of fused-ring (bicyclic) bond motifs is 1. The summed E-state index contributed by atoms with van der Waals surface area (Å²) in [6.07, 6.45) is 1.02. The molecule has 0 bridgehead atoms. The summed E-state index contributed by atoms with van der Waals surface area (Å²) in [6.45, 7) is 3.08. The Morgan fingerprint density at radius 3 is 2.48 bits per heavy atom. The van der Waals surface area contributed by atoms with E-state index in [0.717, 1.165) is 46.0 Å². The normalized spacial score (nSPS) is 24.6. The lowest BCUT2D eigenvalue weighted by Crippen LogP contribution is -2.45. The molecule has 1 saturated carbocycles. The van der Waals surface area contributed by atoms with Crippen molar-refractivity contribution in [2.45, 2.75) is 88.9 Å². The number of nitrogen functional groups attached to an aromatic ring is 1. The molecule has 1 aliphatic heterocycles. The second-order valence-corrected chi connectivity index (χ2v) is 13.2. The quantitative estimate of drug-likeness (QED) is 0.159. The van der Waals surface area contributed by atoms with Gasteiger partial charge in [0.15, 0.2) is 18.0 Å². The Morgan fingerprint density at radius 2 is 1.81 bits per heavy atom. The fraction of sp³-hybridized carbons (Fsp3) is 0.484. The molecule has 16 nitrogen and oxygen atoms in total. The molecule has 0 amide bonds. The van der Waals surface area contributed by atoms with Gasteiger partial charge in [-0.1, -0.05) is 24.6 Å². The topological polar surface area (TPSA) is 216 Å². The average molecular weight is 685 g/mol. The van der Waals surface area contributed by atoms with Gasteiger partial charge in [-0.25, -0.2) is 14.1 Å². The second kappa shape index (κ2) is 14.7. The Bertz CT molecular complexity index is 1730. The second-order valence-electron chi connectivity index (χ2n) is 11.5. The van der Waals surface area contributed by atoms with Gasteiger partial charge in [-0.05, 0) is 56.9 Å². The van der Waals surface area contributed by atoms with Gasteiger partial charge in [0.1, 0.15) is 41.9 Å². The van der Waals surface area contributed by atoms with Gasteiger partial charge in [0.05, 0.1) is 12.3 Å². The summed E-state index contributed by atoms with van der Waals surface area (Å²) in [5.74, 6) is -1.97. The first-order chi connectivity index (χ1) is 22.9. The van der Waals surface area contributed by atoms with Crippen molar-refractivity contribution in [3.8, 4) is 11.8 Å².